The average Bonchev–Trinajstić information content (AvgIpc) is 2.87. The molecule has 2 amide bonds. The Hall–Kier alpha value is -2.50. The van der Waals surface area contributed by atoms with Crippen molar-refractivity contribution >= 4 is 28.2 Å². The van der Waals surface area contributed by atoms with Gasteiger partial charge in [-0.05, 0) is 12.1 Å². The molecule has 1 aromatic carbocycles. The molecule has 0 fully saturated rings. The molecule has 2 rings (SSSR count). The van der Waals surface area contributed by atoms with Gasteiger partial charge in [-0.3, -0.25) is 5.32 Å². The molecule has 5 nitrogen and oxygen atoms in total. The lowest BCUT2D eigenvalue weighted by atomic mass is 10.3. The molecule has 0 atom stereocenters. The smallest absolute Gasteiger partial charge is 0.320 e. The third kappa shape index (κ3) is 4.24. The Morgan fingerprint density at radius 1 is 1.38 bits per heavy atom. The van der Waals surface area contributed by atoms with Crippen LogP contribution < -0.4 is 16.4 Å². The highest BCUT2D eigenvalue weighted by molar-refractivity contribution is 7.16. The molecule has 0 aliphatic carbocycles. The number of urea groups is 1. The predicted molar refractivity (Wildman–Crippen MR) is 77.0 cm³/mol. The number of hydrogen-bond donors (Lipinski definition) is 3. The van der Waals surface area contributed by atoms with E-state index in [0.717, 1.165) is 23.5 Å². The molecule has 21 heavy (non-hydrogen) atoms. The Morgan fingerprint density at radius 2 is 2.19 bits per heavy atom. The zero-order chi connectivity index (χ0) is 15.2. The van der Waals surface area contributed by atoms with Crippen molar-refractivity contribution in [1.29, 1.82) is 0 Å². The summed E-state index contributed by atoms with van der Waals surface area (Å²) in [6.45, 7) is 0.227. The SMILES string of the molecule is NCC#Cc1cnc(NC(=O)Nc2ccc(F)cc2F)s1. The van der Waals surface area contributed by atoms with Gasteiger partial charge in [0.05, 0.1) is 23.3 Å². The summed E-state index contributed by atoms with van der Waals surface area (Å²) in [5, 5.41) is 4.99. The van der Waals surface area contributed by atoms with Crippen molar-refractivity contribution in [3.05, 3.63) is 40.9 Å². The molecule has 2 aromatic rings. The summed E-state index contributed by atoms with van der Waals surface area (Å²) in [5.74, 6) is 3.85. The summed E-state index contributed by atoms with van der Waals surface area (Å²) in [6.07, 6.45) is 1.49. The third-order valence-corrected chi connectivity index (χ3v) is 3.05. The minimum Gasteiger partial charge on any atom is -0.320 e. The number of aromatic nitrogens is 1. The Morgan fingerprint density at radius 3 is 2.90 bits per heavy atom. The van der Waals surface area contributed by atoms with Gasteiger partial charge in [-0.2, -0.15) is 0 Å². The second kappa shape index (κ2) is 6.78. The molecule has 108 valence electrons. The molecule has 0 saturated carbocycles. The second-order valence-electron chi connectivity index (χ2n) is 3.74. The van der Waals surface area contributed by atoms with E-state index in [1.165, 1.54) is 6.20 Å². The molecule has 0 aliphatic heterocycles. The van der Waals surface area contributed by atoms with E-state index in [2.05, 4.69) is 27.5 Å². The van der Waals surface area contributed by atoms with Crippen LogP contribution in [0.15, 0.2) is 24.4 Å². The number of nitrogens with one attached hydrogen (secondary N) is 2. The van der Waals surface area contributed by atoms with Crippen LogP contribution in [-0.2, 0) is 0 Å². The molecule has 8 heteroatoms. The van der Waals surface area contributed by atoms with E-state index < -0.39 is 17.7 Å². The van der Waals surface area contributed by atoms with Crippen LogP contribution in [0.3, 0.4) is 0 Å². The van der Waals surface area contributed by atoms with Gasteiger partial charge < -0.3 is 11.1 Å². The highest BCUT2D eigenvalue weighted by atomic mass is 32.1. The summed E-state index contributed by atoms with van der Waals surface area (Å²) in [4.78, 5) is 16.2. The first-order chi connectivity index (χ1) is 10.1. The molecular weight excluding hydrogens is 298 g/mol. The van der Waals surface area contributed by atoms with Gasteiger partial charge in [0.15, 0.2) is 5.13 Å². The molecule has 0 bridgehead atoms. The van der Waals surface area contributed by atoms with E-state index in [1.54, 1.807) is 0 Å². The number of thiazole rings is 1. The number of rotatable bonds is 2. The Bertz CT molecular complexity index is 720. The quantitative estimate of drug-likeness (QED) is 0.745. The van der Waals surface area contributed by atoms with Crippen LogP contribution in [0.2, 0.25) is 0 Å². The first-order valence-electron chi connectivity index (χ1n) is 5.76. The highest BCUT2D eigenvalue weighted by Gasteiger charge is 2.09. The number of carbonyl (C=O) groups is 1. The number of halogens is 2. The Balaban J connectivity index is 2.00. The minimum atomic E-state index is -0.862. The van der Waals surface area contributed by atoms with Gasteiger partial charge in [0.25, 0.3) is 0 Å². The van der Waals surface area contributed by atoms with Gasteiger partial charge in [-0.25, -0.2) is 18.6 Å². The van der Waals surface area contributed by atoms with Crippen molar-refractivity contribution in [2.24, 2.45) is 5.73 Å². The number of amides is 2. The van der Waals surface area contributed by atoms with Crippen molar-refractivity contribution < 1.29 is 13.6 Å². The van der Waals surface area contributed by atoms with E-state index in [0.29, 0.717) is 16.1 Å². The topological polar surface area (TPSA) is 80.0 Å². The number of nitrogens with zero attached hydrogens (tertiary/aromatic N) is 1. The fourth-order valence-electron chi connectivity index (χ4n) is 1.37. The molecule has 1 heterocycles. The van der Waals surface area contributed by atoms with Crippen molar-refractivity contribution in [2.45, 2.75) is 0 Å². The van der Waals surface area contributed by atoms with Crippen LogP contribution in [0.4, 0.5) is 24.4 Å². The predicted octanol–water partition coefficient (Wildman–Crippen LogP) is 2.38. The number of anilines is 2. The fourth-order valence-corrected chi connectivity index (χ4v) is 2.06. The van der Waals surface area contributed by atoms with Crippen molar-refractivity contribution in [2.75, 3.05) is 17.2 Å². The van der Waals surface area contributed by atoms with Gasteiger partial charge in [0.1, 0.15) is 11.6 Å². The minimum absolute atomic E-state index is 0.131. The lowest BCUT2D eigenvalue weighted by Crippen LogP contribution is -2.20. The highest BCUT2D eigenvalue weighted by Crippen LogP contribution is 2.18. The Labute approximate surface area is 123 Å². The van der Waals surface area contributed by atoms with Crippen LogP contribution in [0.25, 0.3) is 0 Å². The van der Waals surface area contributed by atoms with Crippen molar-refractivity contribution in [3.63, 3.8) is 0 Å². The fraction of sp³-hybridized carbons (Fsp3) is 0.0769. The van der Waals surface area contributed by atoms with Crippen LogP contribution in [0.5, 0.6) is 0 Å². The molecule has 0 spiro atoms. The number of benzene rings is 1. The normalized spacial score (nSPS) is 9.67. The summed E-state index contributed by atoms with van der Waals surface area (Å²) in [6, 6.07) is 2.17. The zero-order valence-corrected chi connectivity index (χ0v) is 11.4. The summed E-state index contributed by atoms with van der Waals surface area (Å²) in [5.41, 5.74) is 5.11. The van der Waals surface area contributed by atoms with Crippen LogP contribution >= 0.6 is 11.3 Å². The van der Waals surface area contributed by atoms with Gasteiger partial charge in [-0.15, -0.1) is 0 Å². The van der Waals surface area contributed by atoms with Crippen LogP contribution in [0.1, 0.15) is 4.88 Å². The largest absolute Gasteiger partial charge is 0.325 e. The summed E-state index contributed by atoms with van der Waals surface area (Å²) in [7, 11) is 0. The van der Waals surface area contributed by atoms with Gasteiger partial charge in [0.2, 0.25) is 0 Å². The number of hydrogen-bond acceptors (Lipinski definition) is 4. The van der Waals surface area contributed by atoms with Gasteiger partial charge >= 0.3 is 6.03 Å². The summed E-state index contributed by atoms with van der Waals surface area (Å²) >= 11 is 1.15. The van der Waals surface area contributed by atoms with Crippen LogP contribution in [0, 0.1) is 23.5 Å². The lowest BCUT2D eigenvalue weighted by Gasteiger charge is -2.06. The molecular formula is C13H10F2N4OS. The van der Waals surface area contributed by atoms with Crippen molar-refractivity contribution in [3.8, 4) is 11.8 Å². The second-order valence-corrected chi connectivity index (χ2v) is 4.77. The van der Waals surface area contributed by atoms with E-state index in [1.807, 2.05) is 0 Å². The van der Waals surface area contributed by atoms with E-state index in [4.69, 9.17) is 5.73 Å². The lowest BCUT2D eigenvalue weighted by molar-refractivity contribution is 0.262. The maximum absolute atomic E-state index is 13.4. The maximum atomic E-state index is 13.4. The maximum Gasteiger partial charge on any atom is 0.325 e. The first-order valence-corrected chi connectivity index (χ1v) is 6.58. The first kappa shape index (κ1) is 14.9. The molecule has 1 aromatic heterocycles. The monoisotopic (exact) mass is 308 g/mol. The van der Waals surface area contributed by atoms with E-state index >= 15 is 0 Å². The number of carbonyl (C=O) groups excluding carboxylic acids is 1. The van der Waals surface area contributed by atoms with Gasteiger partial charge in [-0.1, -0.05) is 23.2 Å². The van der Waals surface area contributed by atoms with E-state index in [-0.39, 0.29) is 12.2 Å². The van der Waals surface area contributed by atoms with Gasteiger partial charge in [0, 0.05) is 6.07 Å². The standard InChI is InChI=1S/C13H10F2N4OS/c14-8-3-4-11(10(15)6-8)18-12(20)19-13-17-7-9(21-13)2-1-5-16/h3-4,6-7H,5,16H2,(H2,17,18,19,20). The Kier molecular flexibility index (Phi) is 4.81. The molecule has 0 unspecified atom stereocenters. The number of nitrogens with two attached hydrogens (primary N) is 1. The van der Waals surface area contributed by atoms with Crippen molar-refractivity contribution in [1.82, 2.24) is 4.98 Å². The molecule has 4 N–H and O–H groups in total. The van der Waals surface area contributed by atoms with Crippen LogP contribution in [-0.4, -0.2) is 17.6 Å². The molecule has 0 radical (unpaired) electrons. The van der Waals surface area contributed by atoms with E-state index in [9.17, 15) is 13.6 Å². The third-order valence-electron chi connectivity index (χ3n) is 2.22. The zero-order valence-electron chi connectivity index (χ0n) is 10.6. The molecule has 0 saturated heterocycles. The average molecular weight is 308 g/mol. The molecule has 0 aliphatic rings. The summed E-state index contributed by atoms with van der Waals surface area (Å²) < 4.78 is 26.1.